The maximum absolute atomic E-state index is 12.8. The quantitative estimate of drug-likeness (QED) is 0.731. The first-order valence-corrected chi connectivity index (χ1v) is 6.09. The smallest absolute Gasteiger partial charge is 0.449 e. The van der Waals surface area contributed by atoms with Crippen LogP contribution in [0.5, 0.6) is 5.06 Å². The number of nitrogens with zero attached hydrogens (tertiary/aromatic N) is 2. The largest absolute Gasteiger partial charge is 0.512 e. The summed E-state index contributed by atoms with van der Waals surface area (Å²) in [6.45, 7) is 0. The van der Waals surface area contributed by atoms with Crippen molar-refractivity contribution < 1.29 is 19.0 Å². The lowest BCUT2D eigenvalue weighted by Crippen LogP contribution is -2.01. The van der Waals surface area contributed by atoms with Gasteiger partial charge in [-0.05, 0) is 24.3 Å². The molecule has 0 bridgehead atoms. The fraction of sp³-hybridized carbons (Fsp3) is 0. The molecule has 0 aliphatic carbocycles. The second kappa shape index (κ2) is 4.36. The predicted molar refractivity (Wildman–Crippen MR) is 67.1 cm³/mol. The summed E-state index contributed by atoms with van der Waals surface area (Å²) in [7, 11) is 0. The van der Waals surface area contributed by atoms with Gasteiger partial charge in [-0.3, -0.25) is 4.40 Å². The van der Waals surface area contributed by atoms with Crippen LogP contribution in [0.1, 0.15) is 0 Å². The molecule has 0 spiro atoms. The second-order valence-electron chi connectivity index (χ2n) is 3.74. The van der Waals surface area contributed by atoms with E-state index in [9.17, 15) is 9.18 Å². The van der Waals surface area contributed by atoms with Crippen molar-refractivity contribution >= 4 is 22.5 Å². The second-order valence-corrected chi connectivity index (χ2v) is 4.71. The van der Waals surface area contributed by atoms with E-state index in [1.807, 2.05) is 0 Å². The van der Waals surface area contributed by atoms with Gasteiger partial charge >= 0.3 is 6.16 Å². The number of thiazole rings is 1. The third-order valence-electron chi connectivity index (χ3n) is 2.46. The van der Waals surface area contributed by atoms with Crippen LogP contribution in [0.3, 0.4) is 0 Å². The summed E-state index contributed by atoms with van der Waals surface area (Å²) in [6.07, 6.45) is 1.91. The molecule has 96 valence electrons. The number of hydrogen-bond donors (Lipinski definition) is 1. The van der Waals surface area contributed by atoms with E-state index in [-0.39, 0.29) is 10.9 Å². The number of carboxylic acid groups (broad SMARTS) is 1. The van der Waals surface area contributed by atoms with Crippen LogP contribution in [0.4, 0.5) is 9.18 Å². The van der Waals surface area contributed by atoms with Gasteiger partial charge in [0, 0.05) is 11.8 Å². The Morgan fingerprint density at radius 3 is 2.68 bits per heavy atom. The fourth-order valence-corrected chi connectivity index (χ4v) is 2.48. The van der Waals surface area contributed by atoms with Gasteiger partial charge in [0.05, 0.1) is 11.9 Å². The van der Waals surface area contributed by atoms with Gasteiger partial charge in [0.2, 0.25) is 5.06 Å². The van der Waals surface area contributed by atoms with E-state index in [0.29, 0.717) is 10.7 Å². The SMILES string of the molecule is O=C(O)Oc1cn2cc(-c3ccc(F)cc3)nc2s1. The highest BCUT2D eigenvalue weighted by molar-refractivity contribution is 7.18. The van der Waals surface area contributed by atoms with Crippen LogP contribution in [0.25, 0.3) is 16.2 Å². The number of halogens is 1. The summed E-state index contributed by atoms with van der Waals surface area (Å²) in [5.41, 5.74) is 1.48. The molecule has 0 saturated carbocycles. The summed E-state index contributed by atoms with van der Waals surface area (Å²) in [4.78, 5) is 15.3. The number of ether oxygens (including phenoxy) is 1. The van der Waals surface area contributed by atoms with E-state index < -0.39 is 6.16 Å². The van der Waals surface area contributed by atoms with E-state index in [4.69, 9.17) is 5.11 Å². The van der Waals surface area contributed by atoms with E-state index in [1.165, 1.54) is 18.3 Å². The van der Waals surface area contributed by atoms with Crippen molar-refractivity contribution in [1.29, 1.82) is 0 Å². The molecule has 0 radical (unpaired) electrons. The first kappa shape index (κ1) is 11.7. The molecule has 2 heterocycles. The Labute approximate surface area is 110 Å². The zero-order valence-electron chi connectivity index (χ0n) is 9.41. The molecule has 5 nitrogen and oxygen atoms in total. The van der Waals surface area contributed by atoms with Crippen LogP contribution >= 0.6 is 11.3 Å². The van der Waals surface area contributed by atoms with E-state index in [1.54, 1.807) is 22.7 Å². The first-order chi connectivity index (χ1) is 9.11. The van der Waals surface area contributed by atoms with Gasteiger partial charge in [-0.15, -0.1) is 0 Å². The highest BCUT2D eigenvalue weighted by atomic mass is 32.1. The lowest BCUT2D eigenvalue weighted by atomic mass is 10.2. The molecule has 0 aliphatic rings. The van der Waals surface area contributed by atoms with Crippen LogP contribution in [0, 0.1) is 5.82 Å². The van der Waals surface area contributed by atoms with Crippen LogP contribution in [0.2, 0.25) is 0 Å². The lowest BCUT2D eigenvalue weighted by Gasteiger charge is -1.95. The van der Waals surface area contributed by atoms with E-state index >= 15 is 0 Å². The monoisotopic (exact) mass is 278 g/mol. The highest BCUT2D eigenvalue weighted by Crippen LogP contribution is 2.28. The summed E-state index contributed by atoms with van der Waals surface area (Å²) >= 11 is 1.12. The molecule has 3 rings (SSSR count). The standard InChI is InChI=1S/C12H7FN2O3S/c13-8-3-1-7(2-4-8)9-5-15-6-10(18-12(16)17)19-11(15)14-9/h1-6H,(H,16,17). The van der Waals surface area contributed by atoms with Gasteiger partial charge in [0.15, 0.2) is 4.96 Å². The molecule has 0 fully saturated rings. The Morgan fingerprint density at radius 2 is 2.05 bits per heavy atom. The molecule has 1 aromatic carbocycles. The van der Waals surface area contributed by atoms with Gasteiger partial charge in [-0.2, -0.15) is 0 Å². The van der Waals surface area contributed by atoms with Gasteiger partial charge < -0.3 is 9.84 Å². The Kier molecular flexibility index (Phi) is 2.68. The topological polar surface area (TPSA) is 63.8 Å². The van der Waals surface area contributed by atoms with E-state index in [2.05, 4.69) is 9.72 Å². The third-order valence-corrected chi connectivity index (χ3v) is 3.34. The number of benzene rings is 1. The van der Waals surface area contributed by atoms with Gasteiger partial charge in [0.1, 0.15) is 5.82 Å². The molecule has 7 heteroatoms. The van der Waals surface area contributed by atoms with Crippen molar-refractivity contribution in [3.63, 3.8) is 0 Å². The summed E-state index contributed by atoms with van der Waals surface area (Å²) in [6, 6.07) is 6.00. The van der Waals surface area contributed by atoms with Crippen molar-refractivity contribution in [2.24, 2.45) is 0 Å². The van der Waals surface area contributed by atoms with Crippen LogP contribution in [-0.4, -0.2) is 20.6 Å². The molecule has 2 aromatic heterocycles. The summed E-state index contributed by atoms with van der Waals surface area (Å²) in [5.74, 6) is -0.304. The summed E-state index contributed by atoms with van der Waals surface area (Å²) < 4.78 is 19.0. The number of fused-ring (bicyclic) bond motifs is 1. The molecule has 0 unspecified atom stereocenters. The number of rotatable bonds is 2. The number of aromatic nitrogens is 2. The van der Waals surface area contributed by atoms with Gasteiger partial charge in [-0.1, -0.05) is 11.3 Å². The Balaban J connectivity index is 1.96. The minimum atomic E-state index is -1.36. The maximum atomic E-state index is 12.8. The fourth-order valence-electron chi connectivity index (χ4n) is 1.67. The summed E-state index contributed by atoms with van der Waals surface area (Å²) in [5, 5.41) is 8.76. The number of hydrogen-bond acceptors (Lipinski definition) is 4. The maximum Gasteiger partial charge on any atom is 0.512 e. The molecular weight excluding hydrogens is 271 g/mol. The first-order valence-electron chi connectivity index (χ1n) is 5.27. The van der Waals surface area contributed by atoms with Crippen molar-refractivity contribution in [1.82, 2.24) is 9.38 Å². The van der Waals surface area contributed by atoms with Gasteiger partial charge in [0.25, 0.3) is 0 Å². The third kappa shape index (κ3) is 2.27. The molecule has 0 amide bonds. The molecule has 0 atom stereocenters. The normalized spacial score (nSPS) is 10.8. The zero-order chi connectivity index (χ0) is 13.4. The molecule has 1 N–H and O–H groups in total. The van der Waals surface area contributed by atoms with Gasteiger partial charge in [-0.25, -0.2) is 14.2 Å². The molecule has 3 aromatic rings. The van der Waals surface area contributed by atoms with Crippen molar-refractivity contribution in [3.8, 4) is 16.3 Å². The highest BCUT2D eigenvalue weighted by Gasteiger charge is 2.10. The average molecular weight is 278 g/mol. The van der Waals surface area contributed by atoms with Crippen LogP contribution < -0.4 is 4.74 Å². The van der Waals surface area contributed by atoms with Crippen molar-refractivity contribution in [2.45, 2.75) is 0 Å². The Morgan fingerprint density at radius 1 is 1.32 bits per heavy atom. The lowest BCUT2D eigenvalue weighted by molar-refractivity contribution is 0.146. The number of imidazole rings is 1. The zero-order valence-corrected chi connectivity index (χ0v) is 10.2. The number of carbonyl (C=O) groups is 1. The van der Waals surface area contributed by atoms with Crippen LogP contribution in [-0.2, 0) is 0 Å². The molecule has 0 saturated heterocycles. The van der Waals surface area contributed by atoms with Crippen LogP contribution in [0.15, 0.2) is 36.7 Å². The molecule has 0 aliphatic heterocycles. The minimum Gasteiger partial charge on any atom is -0.449 e. The van der Waals surface area contributed by atoms with Crippen molar-refractivity contribution in [2.75, 3.05) is 0 Å². The predicted octanol–water partition coefficient (Wildman–Crippen LogP) is 3.26. The molecular formula is C12H7FN2O3S. The Hall–Kier alpha value is -2.41. The minimum absolute atomic E-state index is 0.251. The van der Waals surface area contributed by atoms with Crippen molar-refractivity contribution in [3.05, 3.63) is 42.5 Å². The Bertz CT molecular complexity index is 717. The van der Waals surface area contributed by atoms with E-state index in [0.717, 1.165) is 16.9 Å². The average Bonchev–Trinajstić information content (AvgIpc) is 2.86. The molecule has 19 heavy (non-hydrogen) atoms.